The molecule has 2 rings (SSSR count). The van der Waals surface area contributed by atoms with Crippen LogP contribution >= 0.6 is 0 Å². The second-order valence-corrected chi connectivity index (χ2v) is 6.56. The van der Waals surface area contributed by atoms with Gasteiger partial charge in [0.05, 0.1) is 11.2 Å². The van der Waals surface area contributed by atoms with Crippen molar-refractivity contribution in [3.05, 3.63) is 12.2 Å². The summed E-state index contributed by atoms with van der Waals surface area (Å²) in [5.74, 6) is 0.325. The Labute approximate surface area is 104 Å². The van der Waals surface area contributed by atoms with Crippen molar-refractivity contribution in [2.45, 2.75) is 63.8 Å². The number of rotatable bonds is 3. The highest BCUT2D eigenvalue weighted by Crippen LogP contribution is 2.38. The van der Waals surface area contributed by atoms with Crippen molar-refractivity contribution in [1.82, 2.24) is 5.32 Å². The predicted octanol–water partition coefficient (Wildman–Crippen LogP) is 1.86. The molecule has 1 aliphatic heterocycles. The summed E-state index contributed by atoms with van der Waals surface area (Å²) >= 11 is 0. The van der Waals surface area contributed by atoms with Crippen molar-refractivity contribution >= 4 is 0 Å². The van der Waals surface area contributed by atoms with Crippen LogP contribution in [0.2, 0.25) is 0 Å². The molecule has 3 heteroatoms. The lowest BCUT2D eigenvalue weighted by Gasteiger charge is -2.29. The molecule has 0 aromatic carbocycles. The van der Waals surface area contributed by atoms with E-state index in [1.54, 1.807) is 0 Å². The quantitative estimate of drug-likeness (QED) is 0.739. The van der Waals surface area contributed by atoms with E-state index in [4.69, 9.17) is 9.84 Å². The van der Waals surface area contributed by atoms with Crippen LogP contribution < -0.4 is 5.32 Å². The van der Waals surface area contributed by atoms with Crippen LogP contribution in [0.4, 0.5) is 0 Å². The van der Waals surface area contributed by atoms with Gasteiger partial charge in [-0.05, 0) is 40.5 Å². The highest BCUT2D eigenvalue weighted by atomic mass is 16.5. The lowest BCUT2D eigenvalue weighted by atomic mass is 9.93. The molecule has 2 aliphatic rings. The molecule has 1 fully saturated rings. The molecule has 3 nitrogen and oxygen atoms in total. The first kappa shape index (κ1) is 13.1. The summed E-state index contributed by atoms with van der Waals surface area (Å²) in [7, 11) is 0. The van der Waals surface area contributed by atoms with E-state index in [1.165, 1.54) is 0 Å². The van der Waals surface area contributed by atoms with Crippen molar-refractivity contribution in [2.24, 2.45) is 5.92 Å². The van der Waals surface area contributed by atoms with Crippen LogP contribution in [-0.4, -0.2) is 35.0 Å². The topological polar surface area (TPSA) is 41.5 Å². The molecule has 3 atom stereocenters. The largest absolute Gasteiger partial charge is 0.396 e. The zero-order chi connectivity index (χ0) is 12.7. The van der Waals surface area contributed by atoms with Crippen LogP contribution in [0.15, 0.2) is 12.2 Å². The lowest BCUT2D eigenvalue weighted by Crippen LogP contribution is -2.47. The Kier molecular flexibility index (Phi) is 3.36. The molecule has 0 aromatic heterocycles. The summed E-state index contributed by atoms with van der Waals surface area (Å²) in [5, 5.41) is 12.8. The van der Waals surface area contributed by atoms with Gasteiger partial charge in [-0.25, -0.2) is 0 Å². The highest BCUT2D eigenvalue weighted by Gasteiger charge is 2.46. The molecule has 1 saturated heterocycles. The molecule has 0 spiro atoms. The van der Waals surface area contributed by atoms with Gasteiger partial charge in [0.25, 0.3) is 0 Å². The Balaban J connectivity index is 1.94. The van der Waals surface area contributed by atoms with Crippen molar-refractivity contribution in [3.8, 4) is 0 Å². The number of aliphatic hydroxyl groups excluding tert-OH is 1. The van der Waals surface area contributed by atoms with Gasteiger partial charge in [-0.2, -0.15) is 0 Å². The average Bonchev–Trinajstić information content (AvgIpc) is 2.69. The Morgan fingerprint density at radius 1 is 1.29 bits per heavy atom. The Morgan fingerprint density at radius 3 is 2.47 bits per heavy atom. The van der Waals surface area contributed by atoms with E-state index in [1.807, 2.05) is 0 Å². The van der Waals surface area contributed by atoms with E-state index >= 15 is 0 Å². The lowest BCUT2D eigenvalue weighted by molar-refractivity contribution is -0.0702. The van der Waals surface area contributed by atoms with Gasteiger partial charge >= 0.3 is 0 Å². The van der Waals surface area contributed by atoms with Gasteiger partial charge in [0.1, 0.15) is 0 Å². The summed E-state index contributed by atoms with van der Waals surface area (Å²) in [6, 6.07) is 0.763. The van der Waals surface area contributed by atoms with Crippen LogP contribution in [0.1, 0.15) is 40.5 Å². The third kappa shape index (κ3) is 2.90. The average molecular weight is 239 g/mol. The fourth-order valence-corrected chi connectivity index (χ4v) is 3.11. The highest BCUT2D eigenvalue weighted by molar-refractivity contribution is 5.09. The summed E-state index contributed by atoms with van der Waals surface area (Å²) in [4.78, 5) is 0. The van der Waals surface area contributed by atoms with Crippen LogP contribution in [0.25, 0.3) is 0 Å². The maximum Gasteiger partial charge on any atom is 0.0787 e. The SMILES string of the molecule is CC1(C)C[C@@H](N[C@@H]2C=C[C@H](CO)C2)C(C)(C)O1. The predicted molar refractivity (Wildman–Crippen MR) is 68.9 cm³/mol. The normalized spacial score (nSPS) is 38.8. The number of aliphatic hydroxyl groups is 1. The zero-order valence-electron chi connectivity index (χ0n) is 11.4. The molecule has 1 heterocycles. The maximum atomic E-state index is 9.13. The standard InChI is InChI=1S/C14H25NO2/c1-13(2)8-12(14(3,4)17-13)15-11-6-5-10(7-11)9-16/h5-6,10-12,15-16H,7-9H2,1-4H3/t10-,11+,12+/m0/s1. The van der Waals surface area contributed by atoms with Crippen LogP contribution in [0, 0.1) is 5.92 Å². The Morgan fingerprint density at radius 2 is 2.00 bits per heavy atom. The molecular weight excluding hydrogens is 214 g/mol. The molecule has 0 saturated carbocycles. The van der Waals surface area contributed by atoms with Crippen molar-refractivity contribution < 1.29 is 9.84 Å². The molecule has 98 valence electrons. The molecule has 0 unspecified atom stereocenters. The fourth-order valence-electron chi connectivity index (χ4n) is 3.11. The van der Waals surface area contributed by atoms with Crippen LogP contribution in [0.5, 0.6) is 0 Å². The van der Waals surface area contributed by atoms with E-state index in [0.29, 0.717) is 18.0 Å². The molecule has 0 aromatic rings. The fraction of sp³-hybridized carbons (Fsp3) is 0.857. The molecule has 0 bridgehead atoms. The zero-order valence-corrected chi connectivity index (χ0v) is 11.4. The van der Waals surface area contributed by atoms with Gasteiger partial charge < -0.3 is 15.2 Å². The van der Waals surface area contributed by atoms with Gasteiger partial charge in [-0.3, -0.25) is 0 Å². The summed E-state index contributed by atoms with van der Waals surface area (Å²) in [6.45, 7) is 8.86. The van der Waals surface area contributed by atoms with E-state index in [2.05, 4.69) is 45.2 Å². The number of ether oxygens (including phenoxy) is 1. The monoisotopic (exact) mass is 239 g/mol. The molecule has 0 radical (unpaired) electrons. The van der Waals surface area contributed by atoms with Crippen molar-refractivity contribution in [2.75, 3.05) is 6.61 Å². The van der Waals surface area contributed by atoms with Gasteiger partial charge in [0.15, 0.2) is 0 Å². The minimum Gasteiger partial charge on any atom is -0.396 e. The van der Waals surface area contributed by atoms with E-state index < -0.39 is 0 Å². The van der Waals surface area contributed by atoms with Gasteiger partial charge in [0.2, 0.25) is 0 Å². The number of hydrogen-bond donors (Lipinski definition) is 2. The first-order valence-electron chi connectivity index (χ1n) is 6.58. The van der Waals surface area contributed by atoms with Crippen molar-refractivity contribution in [3.63, 3.8) is 0 Å². The molecule has 0 amide bonds. The Hall–Kier alpha value is -0.380. The summed E-state index contributed by atoms with van der Waals surface area (Å²) in [6.07, 6.45) is 6.34. The molecule has 17 heavy (non-hydrogen) atoms. The summed E-state index contributed by atoms with van der Waals surface area (Å²) < 4.78 is 6.08. The van der Waals surface area contributed by atoms with E-state index in [9.17, 15) is 0 Å². The first-order chi connectivity index (χ1) is 7.82. The van der Waals surface area contributed by atoms with Crippen molar-refractivity contribution in [1.29, 1.82) is 0 Å². The molecule has 1 aliphatic carbocycles. The second kappa shape index (κ2) is 4.38. The van der Waals surface area contributed by atoms with E-state index in [-0.39, 0.29) is 17.8 Å². The Bertz CT molecular complexity index is 309. The number of hydrogen-bond acceptors (Lipinski definition) is 3. The van der Waals surface area contributed by atoms with Gasteiger partial charge in [-0.1, -0.05) is 12.2 Å². The van der Waals surface area contributed by atoms with Gasteiger partial charge in [0, 0.05) is 24.6 Å². The maximum absolute atomic E-state index is 9.13. The smallest absolute Gasteiger partial charge is 0.0787 e. The minimum absolute atomic E-state index is 0.0418. The summed E-state index contributed by atoms with van der Waals surface area (Å²) in [5.41, 5.74) is -0.158. The third-order valence-corrected chi connectivity index (χ3v) is 3.90. The van der Waals surface area contributed by atoms with Crippen LogP contribution in [0.3, 0.4) is 0 Å². The second-order valence-electron chi connectivity index (χ2n) is 6.56. The minimum atomic E-state index is -0.116. The molecule has 2 N–H and O–H groups in total. The molecular formula is C14H25NO2. The first-order valence-corrected chi connectivity index (χ1v) is 6.58. The third-order valence-electron chi connectivity index (χ3n) is 3.90. The van der Waals surface area contributed by atoms with E-state index in [0.717, 1.165) is 12.8 Å². The number of nitrogens with one attached hydrogen (secondary N) is 1. The van der Waals surface area contributed by atoms with Crippen LogP contribution in [-0.2, 0) is 4.74 Å². The van der Waals surface area contributed by atoms with Gasteiger partial charge in [-0.15, -0.1) is 0 Å².